The van der Waals surface area contributed by atoms with Gasteiger partial charge in [0.15, 0.2) is 0 Å². The smallest absolute Gasteiger partial charge is 0.233 e. The lowest BCUT2D eigenvalue weighted by atomic mass is 10.0. The van der Waals surface area contributed by atoms with E-state index >= 15 is 0 Å². The van der Waals surface area contributed by atoms with Gasteiger partial charge in [-0.05, 0) is 54.8 Å². The first-order chi connectivity index (χ1) is 11.7. The van der Waals surface area contributed by atoms with Crippen molar-refractivity contribution in [1.82, 2.24) is 4.90 Å². The van der Waals surface area contributed by atoms with Crippen molar-refractivity contribution < 1.29 is 14.6 Å². The van der Waals surface area contributed by atoms with Crippen LogP contribution in [0.2, 0.25) is 0 Å². The van der Waals surface area contributed by atoms with Gasteiger partial charge in [-0.2, -0.15) is 0 Å². The number of hydrogen-bond donors (Lipinski definition) is 1. The Morgan fingerprint density at radius 3 is 2.58 bits per heavy atom. The normalized spacial score (nSPS) is 17.0. The molecule has 1 N–H and O–H groups in total. The van der Waals surface area contributed by atoms with Crippen molar-refractivity contribution >= 4 is 17.7 Å². The van der Waals surface area contributed by atoms with Gasteiger partial charge in [-0.15, -0.1) is 11.8 Å². The van der Waals surface area contributed by atoms with Crippen molar-refractivity contribution in [2.24, 2.45) is 0 Å². The highest BCUT2D eigenvalue weighted by Gasteiger charge is 2.29. The number of phenols is 1. The van der Waals surface area contributed by atoms with Crippen molar-refractivity contribution in [3.8, 4) is 11.5 Å². The van der Waals surface area contributed by atoms with Crippen molar-refractivity contribution in [3.05, 3.63) is 54.1 Å². The summed E-state index contributed by atoms with van der Waals surface area (Å²) in [7, 11) is 1.65. The number of phenolic OH excluding ortho intramolecular Hbond substituents is 1. The summed E-state index contributed by atoms with van der Waals surface area (Å²) in [5.41, 5.74) is 1.16. The summed E-state index contributed by atoms with van der Waals surface area (Å²) in [4.78, 5) is 15.6. The van der Waals surface area contributed by atoms with Crippen LogP contribution in [0.25, 0.3) is 0 Å². The molecule has 0 aromatic heterocycles. The number of carbonyl (C=O) groups excluding carboxylic acids is 1. The van der Waals surface area contributed by atoms with Gasteiger partial charge in [0.05, 0.1) is 18.9 Å². The number of likely N-dealkylation sites (tertiary alicyclic amines) is 1. The lowest BCUT2D eigenvalue weighted by Gasteiger charge is -2.25. The molecule has 1 aliphatic heterocycles. The summed E-state index contributed by atoms with van der Waals surface area (Å²) >= 11 is 1.51. The van der Waals surface area contributed by atoms with Crippen molar-refractivity contribution in [1.29, 1.82) is 0 Å². The van der Waals surface area contributed by atoms with Crippen molar-refractivity contribution in [2.45, 2.75) is 23.8 Å². The van der Waals surface area contributed by atoms with Crippen molar-refractivity contribution in [2.75, 3.05) is 19.4 Å². The van der Waals surface area contributed by atoms with Crippen LogP contribution in [0.5, 0.6) is 11.5 Å². The molecule has 1 heterocycles. The monoisotopic (exact) mass is 343 g/mol. The van der Waals surface area contributed by atoms with E-state index in [0.717, 1.165) is 35.6 Å². The number of nitrogens with zero attached hydrogens (tertiary/aromatic N) is 1. The second-order valence-electron chi connectivity index (χ2n) is 5.80. The average molecular weight is 343 g/mol. The van der Waals surface area contributed by atoms with Gasteiger partial charge in [0, 0.05) is 11.4 Å². The lowest BCUT2D eigenvalue weighted by molar-refractivity contribution is -0.129. The first kappa shape index (κ1) is 16.7. The SMILES string of the molecule is COc1ccc(C2CCCN2C(=O)CSc2ccc(O)cc2)cc1. The van der Waals surface area contributed by atoms with Crippen LogP contribution < -0.4 is 4.74 Å². The summed E-state index contributed by atoms with van der Waals surface area (Å²) in [6, 6.07) is 15.1. The topological polar surface area (TPSA) is 49.8 Å². The van der Waals surface area contributed by atoms with Crippen LogP contribution in [0.4, 0.5) is 0 Å². The number of aromatic hydroxyl groups is 1. The number of thioether (sulfide) groups is 1. The zero-order valence-electron chi connectivity index (χ0n) is 13.6. The maximum atomic E-state index is 12.6. The zero-order valence-corrected chi connectivity index (χ0v) is 14.5. The Morgan fingerprint density at radius 2 is 1.92 bits per heavy atom. The van der Waals surface area contributed by atoms with E-state index < -0.39 is 0 Å². The van der Waals surface area contributed by atoms with Gasteiger partial charge < -0.3 is 14.7 Å². The van der Waals surface area contributed by atoms with Crippen LogP contribution in [0.3, 0.4) is 0 Å². The van der Waals surface area contributed by atoms with Gasteiger partial charge >= 0.3 is 0 Å². The predicted octanol–water partition coefficient (Wildman–Crippen LogP) is 3.86. The van der Waals surface area contributed by atoms with E-state index in [1.165, 1.54) is 11.8 Å². The fourth-order valence-electron chi connectivity index (χ4n) is 3.01. The first-order valence-electron chi connectivity index (χ1n) is 8.02. The molecular formula is C19H21NO3S. The minimum absolute atomic E-state index is 0.156. The highest BCUT2D eigenvalue weighted by atomic mass is 32.2. The third kappa shape index (κ3) is 3.85. The molecule has 0 spiro atoms. The van der Waals surface area contributed by atoms with Gasteiger partial charge in [0.1, 0.15) is 11.5 Å². The van der Waals surface area contributed by atoms with Gasteiger partial charge in [-0.1, -0.05) is 12.1 Å². The molecule has 2 aromatic rings. The fraction of sp³-hybridized carbons (Fsp3) is 0.316. The molecular weight excluding hydrogens is 322 g/mol. The predicted molar refractivity (Wildman–Crippen MR) is 95.5 cm³/mol. The molecule has 1 aliphatic rings. The molecule has 1 saturated heterocycles. The van der Waals surface area contributed by atoms with Gasteiger partial charge in [0.2, 0.25) is 5.91 Å². The quantitative estimate of drug-likeness (QED) is 0.838. The van der Waals surface area contributed by atoms with Crippen LogP contribution in [-0.2, 0) is 4.79 Å². The number of amides is 1. The molecule has 5 heteroatoms. The van der Waals surface area contributed by atoms with Crippen LogP contribution in [0.1, 0.15) is 24.4 Å². The highest BCUT2D eigenvalue weighted by molar-refractivity contribution is 8.00. The standard InChI is InChI=1S/C19H21NO3S/c1-23-16-8-4-14(5-9-16)18-3-2-12-20(18)19(22)13-24-17-10-6-15(21)7-11-17/h4-11,18,21H,2-3,12-13H2,1H3. The van der Waals surface area contributed by atoms with Gasteiger partial charge in [-0.3, -0.25) is 4.79 Å². The van der Waals surface area contributed by atoms with E-state index in [1.807, 2.05) is 41.3 Å². The van der Waals surface area contributed by atoms with E-state index in [-0.39, 0.29) is 17.7 Å². The molecule has 0 radical (unpaired) electrons. The highest BCUT2D eigenvalue weighted by Crippen LogP contribution is 2.33. The van der Waals surface area contributed by atoms with Crippen LogP contribution in [0, 0.1) is 0 Å². The van der Waals surface area contributed by atoms with E-state index in [4.69, 9.17) is 4.74 Å². The Balaban J connectivity index is 1.63. The van der Waals surface area contributed by atoms with Crippen LogP contribution >= 0.6 is 11.8 Å². The lowest BCUT2D eigenvalue weighted by Crippen LogP contribution is -2.31. The molecule has 1 unspecified atom stereocenters. The molecule has 24 heavy (non-hydrogen) atoms. The molecule has 4 nitrogen and oxygen atoms in total. The number of benzene rings is 2. The van der Waals surface area contributed by atoms with Crippen LogP contribution in [0.15, 0.2) is 53.4 Å². The molecule has 0 aliphatic carbocycles. The molecule has 0 bridgehead atoms. The third-order valence-electron chi connectivity index (χ3n) is 4.27. The van der Waals surface area contributed by atoms with Gasteiger partial charge in [-0.25, -0.2) is 0 Å². The number of carbonyl (C=O) groups is 1. The molecule has 1 atom stereocenters. The minimum Gasteiger partial charge on any atom is -0.508 e. The van der Waals surface area contributed by atoms with E-state index in [2.05, 4.69) is 0 Å². The Morgan fingerprint density at radius 1 is 1.21 bits per heavy atom. The average Bonchev–Trinajstić information content (AvgIpc) is 3.11. The molecule has 1 amide bonds. The van der Waals surface area contributed by atoms with Crippen LogP contribution in [-0.4, -0.2) is 35.3 Å². The van der Waals surface area contributed by atoms with Gasteiger partial charge in [0.25, 0.3) is 0 Å². The number of methoxy groups -OCH3 is 1. The molecule has 2 aromatic carbocycles. The number of ether oxygens (including phenoxy) is 1. The summed E-state index contributed by atoms with van der Waals surface area (Å²) < 4.78 is 5.20. The Bertz CT molecular complexity index is 685. The summed E-state index contributed by atoms with van der Waals surface area (Å²) in [5, 5.41) is 9.31. The minimum atomic E-state index is 0.156. The molecule has 3 rings (SSSR count). The summed E-state index contributed by atoms with van der Waals surface area (Å²) in [6.45, 7) is 0.811. The fourth-order valence-corrected chi connectivity index (χ4v) is 3.79. The van der Waals surface area contributed by atoms with E-state index in [1.54, 1.807) is 19.2 Å². The molecule has 0 saturated carbocycles. The third-order valence-corrected chi connectivity index (χ3v) is 5.27. The van der Waals surface area contributed by atoms with E-state index in [0.29, 0.717) is 5.75 Å². The molecule has 126 valence electrons. The van der Waals surface area contributed by atoms with E-state index in [9.17, 15) is 9.90 Å². The molecule has 1 fully saturated rings. The maximum absolute atomic E-state index is 12.6. The maximum Gasteiger partial charge on any atom is 0.233 e. The Kier molecular flexibility index (Phi) is 5.30. The second kappa shape index (κ2) is 7.62. The Labute approximate surface area is 146 Å². The largest absolute Gasteiger partial charge is 0.508 e. The second-order valence-corrected chi connectivity index (χ2v) is 6.85. The van der Waals surface area contributed by atoms with Crippen molar-refractivity contribution in [3.63, 3.8) is 0 Å². The summed E-state index contributed by atoms with van der Waals surface area (Å²) in [5.74, 6) is 1.64. The zero-order chi connectivity index (χ0) is 16.9. The number of rotatable bonds is 5. The first-order valence-corrected chi connectivity index (χ1v) is 9.01. The number of hydrogen-bond acceptors (Lipinski definition) is 4. The summed E-state index contributed by atoms with van der Waals surface area (Å²) in [6.07, 6.45) is 2.04. The Hall–Kier alpha value is -2.14.